The van der Waals surface area contributed by atoms with Gasteiger partial charge in [0.1, 0.15) is 5.60 Å². The van der Waals surface area contributed by atoms with Gasteiger partial charge < -0.3 is 9.47 Å². The summed E-state index contributed by atoms with van der Waals surface area (Å²) < 4.78 is 9.71. The van der Waals surface area contributed by atoms with E-state index in [0.29, 0.717) is 4.90 Å². The van der Waals surface area contributed by atoms with E-state index in [0.717, 1.165) is 7.11 Å². The fourth-order valence-corrected chi connectivity index (χ4v) is 2.22. The first-order valence-corrected chi connectivity index (χ1v) is 6.95. The fraction of sp³-hybridized carbons (Fsp3) is 0.375. The molecule has 0 unspecified atom stereocenters. The van der Waals surface area contributed by atoms with Crippen LogP contribution < -0.4 is 0 Å². The third-order valence-electron chi connectivity index (χ3n) is 3.14. The topological polar surface area (TPSA) is 90.0 Å². The van der Waals surface area contributed by atoms with Crippen LogP contribution in [0.15, 0.2) is 24.3 Å². The third-order valence-corrected chi connectivity index (χ3v) is 3.14. The van der Waals surface area contributed by atoms with Crippen LogP contribution in [-0.4, -0.2) is 47.4 Å². The van der Waals surface area contributed by atoms with Crippen molar-refractivity contribution in [2.24, 2.45) is 0 Å². The number of carbonyl (C=O) groups excluding carboxylic acids is 4. The molecule has 1 aliphatic rings. The maximum absolute atomic E-state index is 12.4. The number of ether oxygens (including phenoxy) is 2. The second-order valence-corrected chi connectivity index (χ2v) is 5.99. The molecule has 0 N–H and O–H groups in total. The van der Waals surface area contributed by atoms with Gasteiger partial charge in [0, 0.05) is 0 Å². The van der Waals surface area contributed by atoms with Crippen LogP contribution in [0.3, 0.4) is 0 Å². The molecule has 1 heterocycles. The largest absolute Gasteiger partial charge is 0.467 e. The Kier molecular flexibility index (Phi) is 4.22. The predicted octanol–water partition coefficient (Wildman–Crippen LogP) is 1.17. The van der Waals surface area contributed by atoms with Crippen molar-refractivity contribution in [3.63, 3.8) is 0 Å². The van der Waals surface area contributed by atoms with E-state index in [4.69, 9.17) is 4.74 Å². The van der Waals surface area contributed by atoms with Gasteiger partial charge in [-0.05, 0) is 32.9 Å². The highest BCUT2D eigenvalue weighted by Gasteiger charge is 2.48. The first kappa shape index (κ1) is 16.7. The maximum Gasteiger partial charge on any atom is 0.341 e. The molecule has 1 atom stereocenters. The highest BCUT2D eigenvalue weighted by Crippen LogP contribution is 2.26. The minimum Gasteiger partial charge on any atom is -0.467 e. The number of fused-ring (bicyclic) bond motifs is 1. The van der Waals surface area contributed by atoms with Crippen molar-refractivity contribution in [2.45, 2.75) is 32.4 Å². The van der Waals surface area contributed by atoms with Crippen molar-refractivity contribution >= 4 is 23.8 Å². The van der Waals surface area contributed by atoms with Crippen LogP contribution in [0, 0.1) is 0 Å². The Bertz CT molecular complexity index is 653. The first-order chi connectivity index (χ1) is 10.7. The molecule has 23 heavy (non-hydrogen) atoms. The Labute approximate surface area is 133 Å². The van der Waals surface area contributed by atoms with E-state index in [1.54, 1.807) is 32.9 Å². The second kappa shape index (κ2) is 5.83. The number of benzene rings is 1. The lowest BCUT2D eigenvalue weighted by molar-refractivity contribution is -0.167. The Balaban J connectivity index is 2.42. The average molecular weight is 319 g/mol. The van der Waals surface area contributed by atoms with Gasteiger partial charge in [0.2, 0.25) is 6.04 Å². The van der Waals surface area contributed by atoms with E-state index in [9.17, 15) is 19.2 Å². The lowest BCUT2D eigenvalue weighted by Crippen LogP contribution is -2.52. The van der Waals surface area contributed by atoms with Gasteiger partial charge in [-0.3, -0.25) is 9.59 Å². The molecule has 2 rings (SSSR count). The molecule has 7 heteroatoms. The predicted molar refractivity (Wildman–Crippen MR) is 78.6 cm³/mol. The van der Waals surface area contributed by atoms with Crippen LogP contribution >= 0.6 is 0 Å². The molecular weight excluding hydrogens is 302 g/mol. The summed E-state index contributed by atoms with van der Waals surface area (Å²) in [6.45, 7) is 4.84. The lowest BCUT2D eigenvalue weighted by atomic mass is 10.1. The number of methoxy groups -OCH3 is 1. The molecule has 122 valence electrons. The minimum absolute atomic E-state index is 0.134. The highest BCUT2D eigenvalue weighted by atomic mass is 16.6. The van der Waals surface area contributed by atoms with Crippen molar-refractivity contribution in [3.8, 4) is 0 Å². The van der Waals surface area contributed by atoms with Crippen LogP contribution in [0.25, 0.3) is 0 Å². The van der Waals surface area contributed by atoms with Crippen LogP contribution in [0.5, 0.6) is 0 Å². The van der Waals surface area contributed by atoms with E-state index < -0.39 is 35.4 Å². The van der Waals surface area contributed by atoms with E-state index in [1.165, 1.54) is 12.1 Å². The number of hydrogen-bond donors (Lipinski definition) is 0. The standard InChI is InChI=1S/C16H17NO6/c1-16(2,3)23-15(21)11(14(20)22-4)17-12(18)9-7-5-6-8-10(9)13(17)19/h5-8,11H,1-4H3/t11-/m0/s1. The summed E-state index contributed by atoms with van der Waals surface area (Å²) in [6, 6.07) is 4.33. The van der Waals surface area contributed by atoms with Crippen molar-refractivity contribution in [2.75, 3.05) is 7.11 Å². The SMILES string of the molecule is COC(=O)[C@@H](C(=O)OC(C)(C)C)N1C(=O)c2ccccc2C1=O. The molecule has 0 radical (unpaired) electrons. The molecule has 0 saturated carbocycles. The van der Waals surface area contributed by atoms with Crippen molar-refractivity contribution in [3.05, 3.63) is 35.4 Å². The Morgan fingerprint density at radius 1 is 1.00 bits per heavy atom. The molecule has 0 spiro atoms. The number of carbonyl (C=O) groups is 4. The quantitative estimate of drug-likeness (QED) is 0.472. The molecule has 1 aromatic rings. The van der Waals surface area contributed by atoms with E-state index in [-0.39, 0.29) is 11.1 Å². The van der Waals surface area contributed by atoms with Gasteiger partial charge in [0.25, 0.3) is 11.8 Å². The zero-order chi connectivity index (χ0) is 17.4. The number of rotatable bonds is 3. The second-order valence-electron chi connectivity index (χ2n) is 5.99. The van der Waals surface area contributed by atoms with Gasteiger partial charge in [0.15, 0.2) is 0 Å². The Hall–Kier alpha value is -2.70. The molecule has 0 aliphatic carbocycles. The molecule has 0 aromatic heterocycles. The van der Waals surface area contributed by atoms with Gasteiger partial charge in [-0.25, -0.2) is 14.5 Å². The highest BCUT2D eigenvalue weighted by molar-refractivity contribution is 6.25. The van der Waals surface area contributed by atoms with Gasteiger partial charge in [0.05, 0.1) is 18.2 Å². The van der Waals surface area contributed by atoms with Crippen LogP contribution in [0.1, 0.15) is 41.5 Å². The molecule has 0 bridgehead atoms. The summed E-state index contributed by atoms with van der Waals surface area (Å²) in [5.41, 5.74) is -0.618. The molecule has 2 amide bonds. The van der Waals surface area contributed by atoms with Crippen molar-refractivity contribution < 1.29 is 28.7 Å². The summed E-state index contributed by atoms with van der Waals surface area (Å²) in [6.07, 6.45) is 0. The first-order valence-electron chi connectivity index (χ1n) is 6.95. The van der Waals surface area contributed by atoms with Gasteiger partial charge in [-0.2, -0.15) is 0 Å². The summed E-state index contributed by atoms with van der Waals surface area (Å²) >= 11 is 0. The van der Waals surface area contributed by atoms with Gasteiger partial charge in [-0.1, -0.05) is 12.1 Å². The summed E-state index contributed by atoms with van der Waals surface area (Å²) in [7, 11) is 1.07. The molecule has 0 saturated heterocycles. The van der Waals surface area contributed by atoms with E-state index in [2.05, 4.69) is 4.74 Å². The monoisotopic (exact) mass is 319 g/mol. The number of esters is 2. The minimum atomic E-state index is -1.77. The smallest absolute Gasteiger partial charge is 0.341 e. The molecule has 1 aliphatic heterocycles. The molecule has 7 nitrogen and oxygen atoms in total. The molecular formula is C16H17NO6. The molecule has 0 fully saturated rings. The molecule has 1 aromatic carbocycles. The average Bonchev–Trinajstić information content (AvgIpc) is 2.71. The lowest BCUT2D eigenvalue weighted by Gasteiger charge is -2.26. The zero-order valence-electron chi connectivity index (χ0n) is 13.3. The summed E-state index contributed by atoms with van der Waals surface area (Å²) in [4.78, 5) is 49.8. The number of amides is 2. The number of hydrogen-bond acceptors (Lipinski definition) is 6. The zero-order valence-corrected chi connectivity index (χ0v) is 13.3. The summed E-state index contributed by atoms with van der Waals surface area (Å²) in [5.74, 6) is -3.51. The number of imide groups is 1. The fourth-order valence-electron chi connectivity index (χ4n) is 2.22. The Morgan fingerprint density at radius 3 is 1.87 bits per heavy atom. The van der Waals surface area contributed by atoms with Crippen LogP contribution in [0.4, 0.5) is 0 Å². The van der Waals surface area contributed by atoms with Crippen LogP contribution in [0.2, 0.25) is 0 Å². The van der Waals surface area contributed by atoms with Crippen LogP contribution in [-0.2, 0) is 19.1 Å². The third kappa shape index (κ3) is 3.08. The van der Waals surface area contributed by atoms with Crippen molar-refractivity contribution in [1.82, 2.24) is 4.90 Å². The Morgan fingerprint density at radius 2 is 1.48 bits per heavy atom. The van der Waals surface area contributed by atoms with E-state index >= 15 is 0 Å². The maximum atomic E-state index is 12.4. The van der Waals surface area contributed by atoms with Crippen molar-refractivity contribution in [1.29, 1.82) is 0 Å². The normalized spacial score (nSPS) is 15.2. The van der Waals surface area contributed by atoms with Gasteiger partial charge >= 0.3 is 11.9 Å². The number of nitrogens with zero attached hydrogens (tertiary/aromatic N) is 1. The van der Waals surface area contributed by atoms with E-state index in [1.807, 2.05) is 0 Å². The summed E-state index contributed by atoms with van der Waals surface area (Å²) in [5, 5.41) is 0. The van der Waals surface area contributed by atoms with Gasteiger partial charge in [-0.15, -0.1) is 0 Å².